The Labute approximate surface area is 172 Å². The molecule has 1 fully saturated rings. The number of carbonyl (C=O) groups excluding carboxylic acids is 2. The van der Waals surface area contributed by atoms with Crippen molar-refractivity contribution in [2.75, 3.05) is 11.6 Å². The summed E-state index contributed by atoms with van der Waals surface area (Å²) in [7, 11) is 0. The molecule has 0 bridgehead atoms. The van der Waals surface area contributed by atoms with Crippen LogP contribution in [0.4, 0.5) is 0 Å². The second kappa shape index (κ2) is 7.81. The fourth-order valence-corrected chi connectivity index (χ4v) is 5.06. The molecule has 2 aromatic rings. The fraction of sp³-hybridized carbons (Fsp3) is 0.421. The van der Waals surface area contributed by atoms with Gasteiger partial charge >= 0.3 is 0 Å². The zero-order valence-corrected chi connectivity index (χ0v) is 18.1. The Kier molecular flexibility index (Phi) is 5.84. The SMILES string of the molecule is Cc1nc(-c2ccc(Cl)cc2)sc1C(=O)N1CSCC1C(=O)NC(C)(C)C. The maximum absolute atomic E-state index is 13.1. The van der Waals surface area contributed by atoms with Gasteiger partial charge in [-0.3, -0.25) is 9.59 Å². The molecule has 0 aliphatic carbocycles. The van der Waals surface area contributed by atoms with E-state index in [9.17, 15) is 9.59 Å². The lowest BCUT2D eigenvalue weighted by Gasteiger charge is -2.27. The number of thiazole rings is 1. The highest BCUT2D eigenvalue weighted by Gasteiger charge is 2.37. The van der Waals surface area contributed by atoms with Gasteiger partial charge in [-0.15, -0.1) is 23.1 Å². The maximum Gasteiger partial charge on any atom is 0.267 e. The van der Waals surface area contributed by atoms with Gasteiger partial charge in [-0.05, 0) is 39.8 Å². The molecule has 1 N–H and O–H groups in total. The predicted octanol–water partition coefficient (Wildman–Crippen LogP) is 4.20. The van der Waals surface area contributed by atoms with Crippen molar-refractivity contribution in [3.05, 3.63) is 39.9 Å². The number of aromatic nitrogens is 1. The summed E-state index contributed by atoms with van der Waals surface area (Å²) in [6, 6.07) is 6.93. The number of rotatable bonds is 3. The molecule has 8 heteroatoms. The van der Waals surface area contributed by atoms with E-state index in [-0.39, 0.29) is 17.4 Å². The van der Waals surface area contributed by atoms with E-state index >= 15 is 0 Å². The largest absolute Gasteiger partial charge is 0.350 e. The summed E-state index contributed by atoms with van der Waals surface area (Å²) in [6.07, 6.45) is 0. The van der Waals surface area contributed by atoms with Gasteiger partial charge in [0.2, 0.25) is 5.91 Å². The minimum absolute atomic E-state index is 0.110. The highest BCUT2D eigenvalue weighted by Crippen LogP contribution is 2.32. The van der Waals surface area contributed by atoms with E-state index in [2.05, 4.69) is 10.3 Å². The van der Waals surface area contributed by atoms with Gasteiger partial charge in [-0.2, -0.15) is 0 Å². The second-order valence-electron chi connectivity index (χ2n) is 7.47. The summed E-state index contributed by atoms with van der Waals surface area (Å²) in [6.45, 7) is 7.64. The van der Waals surface area contributed by atoms with E-state index in [4.69, 9.17) is 11.6 Å². The molecule has 1 aromatic carbocycles. The van der Waals surface area contributed by atoms with Crippen molar-refractivity contribution in [2.24, 2.45) is 0 Å². The second-order valence-corrected chi connectivity index (χ2v) is 9.91. The first kappa shape index (κ1) is 20.2. The van der Waals surface area contributed by atoms with Gasteiger partial charge in [0.1, 0.15) is 15.9 Å². The summed E-state index contributed by atoms with van der Waals surface area (Å²) in [5.74, 6) is 0.870. The Morgan fingerprint density at radius 2 is 1.93 bits per heavy atom. The molecular weight excluding hydrogens is 402 g/mol. The van der Waals surface area contributed by atoms with Crippen LogP contribution in [0.5, 0.6) is 0 Å². The molecule has 27 heavy (non-hydrogen) atoms. The predicted molar refractivity (Wildman–Crippen MR) is 112 cm³/mol. The van der Waals surface area contributed by atoms with E-state index in [1.165, 1.54) is 11.3 Å². The first-order valence-electron chi connectivity index (χ1n) is 8.60. The summed E-state index contributed by atoms with van der Waals surface area (Å²) < 4.78 is 0. The van der Waals surface area contributed by atoms with Crippen molar-refractivity contribution in [1.29, 1.82) is 0 Å². The van der Waals surface area contributed by atoms with Gasteiger partial charge in [0.25, 0.3) is 5.91 Å². The number of halogens is 1. The molecule has 1 atom stereocenters. The van der Waals surface area contributed by atoms with Crippen LogP contribution in [0.1, 0.15) is 36.1 Å². The Hall–Kier alpha value is -1.57. The van der Waals surface area contributed by atoms with Crippen LogP contribution >= 0.6 is 34.7 Å². The van der Waals surface area contributed by atoms with Crippen LogP contribution in [-0.2, 0) is 4.79 Å². The number of hydrogen-bond acceptors (Lipinski definition) is 5. The van der Waals surface area contributed by atoms with E-state index in [0.717, 1.165) is 10.6 Å². The Morgan fingerprint density at radius 1 is 1.26 bits per heavy atom. The number of carbonyl (C=O) groups is 2. The number of nitrogens with zero attached hydrogens (tertiary/aromatic N) is 2. The first-order valence-corrected chi connectivity index (χ1v) is 10.9. The van der Waals surface area contributed by atoms with Crippen molar-refractivity contribution in [3.8, 4) is 10.6 Å². The normalized spacial score (nSPS) is 17.2. The number of benzene rings is 1. The highest BCUT2D eigenvalue weighted by molar-refractivity contribution is 7.99. The third kappa shape index (κ3) is 4.65. The molecule has 1 unspecified atom stereocenters. The van der Waals surface area contributed by atoms with Crippen LogP contribution in [0.25, 0.3) is 10.6 Å². The third-order valence-corrected chi connectivity index (χ3v) is 6.48. The average molecular weight is 424 g/mol. The third-order valence-electron chi connectivity index (χ3n) is 4.03. The molecule has 0 spiro atoms. The molecular formula is C19H22ClN3O2S2. The molecule has 1 saturated heterocycles. The van der Waals surface area contributed by atoms with Crippen LogP contribution in [0.15, 0.2) is 24.3 Å². The van der Waals surface area contributed by atoms with Crippen molar-refractivity contribution >= 4 is 46.5 Å². The quantitative estimate of drug-likeness (QED) is 0.803. The van der Waals surface area contributed by atoms with Crippen molar-refractivity contribution in [1.82, 2.24) is 15.2 Å². The molecule has 1 aliphatic heterocycles. The monoisotopic (exact) mass is 423 g/mol. The zero-order valence-electron chi connectivity index (χ0n) is 15.7. The summed E-state index contributed by atoms with van der Waals surface area (Å²) >= 11 is 8.89. The van der Waals surface area contributed by atoms with Crippen LogP contribution in [0.3, 0.4) is 0 Å². The lowest BCUT2D eigenvalue weighted by Crippen LogP contribution is -2.52. The molecule has 2 amide bonds. The Balaban J connectivity index is 1.83. The van der Waals surface area contributed by atoms with Gasteiger partial charge in [-0.25, -0.2) is 4.98 Å². The summed E-state index contributed by atoms with van der Waals surface area (Å²) in [5.41, 5.74) is 1.27. The lowest BCUT2D eigenvalue weighted by molar-refractivity contribution is -0.125. The standard InChI is InChI=1S/C19H22ClN3O2S2/c1-11-15(27-17(21-11)12-5-7-13(20)8-6-12)18(25)23-10-26-9-14(23)16(24)22-19(2,3)4/h5-8,14H,9-10H2,1-4H3,(H,22,24). The van der Waals surface area contributed by atoms with Crippen molar-refractivity contribution in [2.45, 2.75) is 39.3 Å². The van der Waals surface area contributed by atoms with E-state index < -0.39 is 6.04 Å². The molecule has 0 saturated carbocycles. The van der Waals surface area contributed by atoms with E-state index in [1.54, 1.807) is 28.8 Å². The molecule has 5 nitrogen and oxygen atoms in total. The van der Waals surface area contributed by atoms with Crippen LogP contribution < -0.4 is 5.32 Å². The molecule has 1 aromatic heterocycles. The number of amides is 2. The zero-order chi connectivity index (χ0) is 19.8. The number of aryl methyl sites for hydroxylation is 1. The van der Waals surface area contributed by atoms with Crippen molar-refractivity contribution < 1.29 is 9.59 Å². The lowest BCUT2D eigenvalue weighted by atomic mass is 10.1. The first-order chi connectivity index (χ1) is 12.7. The average Bonchev–Trinajstić information content (AvgIpc) is 3.20. The van der Waals surface area contributed by atoms with E-state index in [0.29, 0.717) is 27.2 Å². The topological polar surface area (TPSA) is 62.3 Å². The minimum atomic E-state index is -0.456. The molecule has 3 rings (SSSR count). The molecule has 144 valence electrons. The molecule has 1 aliphatic rings. The number of hydrogen-bond donors (Lipinski definition) is 1. The molecule has 0 radical (unpaired) electrons. The smallest absolute Gasteiger partial charge is 0.267 e. The maximum atomic E-state index is 13.1. The van der Waals surface area contributed by atoms with E-state index in [1.807, 2.05) is 39.8 Å². The highest BCUT2D eigenvalue weighted by atomic mass is 35.5. The van der Waals surface area contributed by atoms with Gasteiger partial charge in [0.05, 0.1) is 11.6 Å². The fourth-order valence-electron chi connectivity index (χ4n) is 2.75. The Bertz CT molecular complexity index is 859. The van der Waals surface area contributed by atoms with Crippen molar-refractivity contribution in [3.63, 3.8) is 0 Å². The number of thioether (sulfide) groups is 1. The summed E-state index contributed by atoms with van der Waals surface area (Å²) in [5, 5.41) is 4.41. The molecule has 2 heterocycles. The van der Waals surface area contributed by atoms with Gasteiger partial charge in [0.15, 0.2) is 0 Å². The minimum Gasteiger partial charge on any atom is -0.350 e. The van der Waals surface area contributed by atoms with Gasteiger partial charge in [0, 0.05) is 21.9 Å². The Morgan fingerprint density at radius 3 is 2.56 bits per heavy atom. The van der Waals surface area contributed by atoms with Crippen LogP contribution in [-0.4, -0.2) is 44.9 Å². The van der Waals surface area contributed by atoms with Crippen LogP contribution in [0, 0.1) is 6.92 Å². The van der Waals surface area contributed by atoms with Gasteiger partial charge in [-0.1, -0.05) is 23.7 Å². The van der Waals surface area contributed by atoms with Gasteiger partial charge < -0.3 is 10.2 Å². The van der Waals surface area contributed by atoms with Crippen LogP contribution in [0.2, 0.25) is 5.02 Å². The number of nitrogens with one attached hydrogen (secondary N) is 1. The summed E-state index contributed by atoms with van der Waals surface area (Å²) in [4.78, 5) is 32.5.